The van der Waals surface area contributed by atoms with Crippen LogP contribution in [-0.2, 0) is 4.79 Å². The molecule has 5 nitrogen and oxygen atoms in total. The molecule has 1 amide bonds. The largest absolute Gasteiger partial charge is 0.486 e. The van der Waals surface area contributed by atoms with Gasteiger partial charge in [0, 0.05) is 0 Å². The predicted molar refractivity (Wildman–Crippen MR) is 95.5 cm³/mol. The molecule has 1 aliphatic heterocycles. The lowest BCUT2D eigenvalue weighted by atomic mass is 10.1. The van der Waals surface area contributed by atoms with Gasteiger partial charge in [-0.15, -0.1) is 0 Å². The number of fused-ring (bicyclic) bond motifs is 1. The molecule has 1 aliphatic rings. The van der Waals surface area contributed by atoms with Crippen molar-refractivity contribution in [2.45, 2.75) is 26.9 Å². The first kappa shape index (κ1) is 17.1. The van der Waals surface area contributed by atoms with Crippen LogP contribution in [0.4, 0.5) is 0 Å². The van der Waals surface area contributed by atoms with E-state index in [0.717, 1.165) is 28.2 Å². The lowest BCUT2D eigenvalue weighted by molar-refractivity contribution is -0.123. The normalized spacial score (nSPS) is 15.6. The summed E-state index contributed by atoms with van der Waals surface area (Å²) in [5, 5.41) is 2.83. The molecule has 2 aromatic carbocycles. The molecule has 0 unspecified atom stereocenters. The molecule has 1 N–H and O–H groups in total. The number of carbonyl (C=O) groups is 1. The summed E-state index contributed by atoms with van der Waals surface area (Å²) in [7, 11) is 0. The van der Waals surface area contributed by atoms with E-state index in [0.29, 0.717) is 18.9 Å². The zero-order valence-corrected chi connectivity index (χ0v) is 14.8. The standard InChI is InChI=1S/C20H23NO4/c1-13-8-14(2)15(3)19(9-13)24-12-20(22)21-10-16-11-23-17-6-4-5-7-18(17)25-16/h4-9,16H,10-12H2,1-3H3,(H,21,22)/t16-/m1/s1. The number of carbonyl (C=O) groups excluding carboxylic acids is 1. The third-order valence-electron chi connectivity index (χ3n) is 4.22. The highest BCUT2D eigenvalue weighted by atomic mass is 16.6. The molecule has 0 spiro atoms. The van der Waals surface area contributed by atoms with E-state index in [1.54, 1.807) is 0 Å². The number of hydrogen-bond acceptors (Lipinski definition) is 4. The van der Waals surface area contributed by atoms with Crippen LogP contribution in [0.2, 0.25) is 0 Å². The second-order valence-electron chi connectivity index (χ2n) is 6.30. The molecule has 0 saturated heterocycles. The van der Waals surface area contributed by atoms with Crippen molar-refractivity contribution in [1.29, 1.82) is 0 Å². The lowest BCUT2D eigenvalue weighted by Gasteiger charge is -2.26. The van der Waals surface area contributed by atoms with Crippen molar-refractivity contribution in [3.8, 4) is 17.2 Å². The highest BCUT2D eigenvalue weighted by Gasteiger charge is 2.21. The molecule has 0 radical (unpaired) electrons. The molecule has 3 rings (SSSR count). The van der Waals surface area contributed by atoms with Crippen molar-refractivity contribution in [2.24, 2.45) is 0 Å². The van der Waals surface area contributed by atoms with Gasteiger partial charge in [0.05, 0.1) is 6.54 Å². The van der Waals surface area contributed by atoms with Crippen LogP contribution in [0.3, 0.4) is 0 Å². The highest BCUT2D eigenvalue weighted by molar-refractivity contribution is 5.77. The van der Waals surface area contributed by atoms with Crippen molar-refractivity contribution < 1.29 is 19.0 Å². The van der Waals surface area contributed by atoms with E-state index in [9.17, 15) is 4.79 Å². The molecule has 0 fully saturated rings. The Balaban J connectivity index is 1.48. The number of rotatable bonds is 5. The zero-order chi connectivity index (χ0) is 17.8. The Kier molecular flexibility index (Phi) is 5.12. The van der Waals surface area contributed by atoms with E-state index in [1.807, 2.05) is 51.1 Å². The minimum Gasteiger partial charge on any atom is -0.486 e. The third-order valence-corrected chi connectivity index (χ3v) is 4.22. The summed E-state index contributed by atoms with van der Waals surface area (Å²) in [6, 6.07) is 11.6. The second kappa shape index (κ2) is 7.47. The van der Waals surface area contributed by atoms with Crippen LogP contribution in [0, 0.1) is 20.8 Å². The van der Waals surface area contributed by atoms with Crippen molar-refractivity contribution >= 4 is 5.91 Å². The molecule has 0 aliphatic carbocycles. The summed E-state index contributed by atoms with van der Waals surface area (Å²) in [5.74, 6) is 2.01. The number of para-hydroxylation sites is 2. The van der Waals surface area contributed by atoms with E-state index in [4.69, 9.17) is 14.2 Å². The van der Waals surface area contributed by atoms with Crippen LogP contribution < -0.4 is 19.5 Å². The summed E-state index contributed by atoms with van der Waals surface area (Å²) >= 11 is 0. The number of hydrogen-bond donors (Lipinski definition) is 1. The molecule has 2 aromatic rings. The average Bonchev–Trinajstić information content (AvgIpc) is 2.61. The van der Waals surface area contributed by atoms with Gasteiger partial charge in [-0.25, -0.2) is 0 Å². The van der Waals surface area contributed by atoms with Crippen LogP contribution in [0.15, 0.2) is 36.4 Å². The molecule has 1 heterocycles. The molecular formula is C20H23NO4. The molecule has 132 valence electrons. The minimum atomic E-state index is -0.207. The summed E-state index contributed by atoms with van der Waals surface area (Å²) in [5.41, 5.74) is 3.32. The fourth-order valence-electron chi connectivity index (χ4n) is 2.74. The Bertz CT molecular complexity index is 772. The quantitative estimate of drug-likeness (QED) is 0.908. The van der Waals surface area contributed by atoms with Gasteiger partial charge in [0.25, 0.3) is 5.91 Å². The SMILES string of the molecule is Cc1cc(C)c(C)c(OCC(=O)NC[C@@H]2COc3ccccc3O2)c1. The average molecular weight is 341 g/mol. The first-order valence-corrected chi connectivity index (χ1v) is 8.39. The summed E-state index contributed by atoms with van der Waals surface area (Å²) in [6.07, 6.45) is -0.207. The topological polar surface area (TPSA) is 56.8 Å². The van der Waals surface area contributed by atoms with Gasteiger partial charge >= 0.3 is 0 Å². The van der Waals surface area contributed by atoms with E-state index in [1.165, 1.54) is 0 Å². The maximum absolute atomic E-state index is 12.1. The maximum Gasteiger partial charge on any atom is 0.258 e. The molecule has 0 bridgehead atoms. The van der Waals surface area contributed by atoms with Crippen LogP contribution >= 0.6 is 0 Å². The van der Waals surface area contributed by atoms with Gasteiger partial charge in [-0.1, -0.05) is 18.2 Å². The van der Waals surface area contributed by atoms with Gasteiger partial charge in [0.15, 0.2) is 18.1 Å². The Morgan fingerprint density at radius 3 is 2.76 bits per heavy atom. The molecule has 1 atom stereocenters. The Morgan fingerprint density at radius 2 is 1.96 bits per heavy atom. The number of ether oxygens (including phenoxy) is 3. The predicted octanol–water partition coefficient (Wildman–Crippen LogP) is 2.95. The number of nitrogens with one attached hydrogen (secondary N) is 1. The van der Waals surface area contributed by atoms with Crippen LogP contribution in [-0.4, -0.2) is 31.8 Å². The van der Waals surface area contributed by atoms with E-state index >= 15 is 0 Å². The van der Waals surface area contributed by atoms with Crippen molar-refractivity contribution in [3.05, 3.63) is 53.1 Å². The van der Waals surface area contributed by atoms with Gasteiger partial charge in [-0.3, -0.25) is 4.79 Å². The van der Waals surface area contributed by atoms with Gasteiger partial charge in [0.2, 0.25) is 0 Å². The lowest BCUT2D eigenvalue weighted by Crippen LogP contribution is -2.42. The summed E-state index contributed by atoms with van der Waals surface area (Å²) in [4.78, 5) is 12.1. The van der Waals surface area contributed by atoms with E-state index in [2.05, 4.69) is 11.4 Å². The van der Waals surface area contributed by atoms with Gasteiger partial charge < -0.3 is 19.5 Å². The zero-order valence-electron chi connectivity index (χ0n) is 14.8. The van der Waals surface area contributed by atoms with Crippen LogP contribution in [0.5, 0.6) is 17.2 Å². The number of amides is 1. The first-order valence-electron chi connectivity index (χ1n) is 8.39. The highest BCUT2D eigenvalue weighted by Crippen LogP contribution is 2.30. The molecule has 0 saturated carbocycles. The number of aryl methyl sites for hydroxylation is 2. The number of benzene rings is 2. The van der Waals surface area contributed by atoms with Gasteiger partial charge in [-0.2, -0.15) is 0 Å². The second-order valence-corrected chi connectivity index (χ2v) is 6.30. The Labute approximate surface area is 147 Å². The van der Waals surface area contributed by atoms with Gasteiger partial charge in [-0.05, 0) is 55.7 Å². The van der Waals surface area contributed by atoms with Crippen molar-refractivity contribution in [2.75, 3.05) is 19.8 Å². The molecule has 25 heavy (non-hydrogen) atoms. The van der Waals surface area contributed by atoms with Crippen LogP contribution in [0.25, 0.3) is 0 Å². The smallest absolute Gasteiger partial charge is 0.258 e. The third kappa shape index (κ3) is 4.24. The van der Waals surface area contributed by atoms with E-state index < -0.39 is 0 Å². The monoisotopic (exact) mass is 341 g/mol. The van der Waals surface area contributed by atoms with E-state index in [-0.39, 0.29) is 18.6 Å². The molecular weight excluding hydrogens is 318 g/mol. The Hall–Kier alpha value is -2.69. The minimum absolute atomic E-state index is 0.0199. The fourth-order valence-corrected chi connectivity index (χ4v) is 2.74. The summed E-state index contributed by atoms with van der Waals surface area (Å²) in [6.45, 7) is 6.81. The fraction of sp³-hybridized carbons (Fsp3) is 0.350. The first-order chi connectivity index (χ1) is 12.0. The van der Waals surface area contributed by atoms with Gasteiger partial charge in [0.1, 0.15) is 18.5 Å². The van der Waals surface area contributed by atoms with Crippen molar-refractivity contribution in [1.82, 2.24) is 5.32 Å². The maximum atomic E-state index is 12.1. The van der Waals surface area contributed by atoms with Crippen LogP contribution in [0.1, 0.15) is 16.7 Å². The molecule has 5 heteroatoms. The van der Waals surface area contributed by atoms with Crippen molar-refractivity contribution in [3.63, 3.8) is 0 Å². The molecule has 0 aromatic heterocycles. The summed E-state index contributed by atoms with van der Waals surface area (Å²) < 4.78 is 17.1. The Morgan fingerprint density at radius 1 is 1.20 bits per heavy atom.